The molecule has 0 atom stereocenters. The van der Waals surface area contributed by atoms with Gasteiger partial charge in [0, 0.05) is 37.3 Å². The molecule has 1 aromatic carbocycles. The summed E-state index contributed by atoms with van der Waals surface area (Å²) in [5.74, 6) is 1.50. The Morgan fingerprint density at radius 3 is 2.70 bits per heavy atom. The lowest BCUT2D eigenvalue weighted by molar-refractivity contribution is -0.132. The maximum atomic E-state index is 12.4. The molecule has 1 fully saturated rings. The van der Waals surface area contributed by atoms with Crippen LogP contribution >= 0.6 is 0 Å². The smallest absolute Gasteiger partial charge is 0.223 e. The summed E-state index contributed by atoms with van der Waals surface area (Å²) in [6.45, 7) is 9.39. The number of anilines is 1. The molecular formula is C18H26N2O3. The first-order chi connectivity index (χ1) is 11.1. The zero-order chi connectivity index (χ0) is 16.2. The molecule has 0 aromatic heterocycles. The summed E-state index contributed by atoms with van der Waals surface area (Å²) in [4.78, 5) is 16.7. The van der Waals surface area contributed by atoms with Crippen LogP contribution in [-0.2, 0) is 16.1 Å². The standard InChI is InChI=1S/C18H26N2O3/c1-14(2)11-18(21)20-7-10-23-17-4-3-16(12-15(17)13-20)19-5-8-22-9-6-19/h3-4,12,14H,5-11,13H2,1-2H3. The highest BCUT2D eigenvalue weighted by Gasteiger charge is 2.21. The first kappa shape index (κ1) is 16.1. The number of carbonyl (C=O) groups excluding carboxylic acids is 1. The van der Waals surface area contributed by atoms with Crippen LogP contribution in [-0.4, -0.2) is 50.3 Å². The SMILES string of the molecule is CC(C)CC(=O)N1CCOc2ccc(N3CCOCC3)cc2C1. The van der Waals surface area contributed by atoms with E-state index in [-0.39, 0.29) is 5.91 Å². The van der Waals surface area contributed by atoms with E-state index in [0.29, 0.717) is 32.0 Å². The van der Waals surface area contributed by atoms with Gasteiger partial charge in [-0.1, -0.05) is 13.8 Å². The molecule has 0 bridgehead atoms. The molecular weight excluding hydrogens is 292 g/mol. The highest BCUT2D eigenvalue weighted by Crippen LogP contribution is 2.29. The molecule has 23 heavy (non-hydrogen) atoms. The van der Waals surface area contributed by atoms with Crippen molar-refractivity contribution in [2.45, 2.75) is 26.8 Å². The monoisotopic (exact) mass is 318 g/mol. The van der Waals surface area contributed by atoms with Gasteiger partial charge < -0.3 is 19.3 Å². The van der Waals surface area contributed by atoms with Gasteiger partial charge in [-0.25, -0.2) is 0 Å². The molecule has 2 heterocycles. The molecule has 0 unspecified atom stereocenters. The van der Waals surface area contributed by atoms with Gasteiger partial charge in [0.2, 0.25) is 5.91 Å². The van der Waals surface area contributed by atoms with Crippen molar-refractivity contribution in [3.05, 3.63) is 23.8 Å². The van der Waals surface area contributed by atoms with E-state index in [4.69, 9.17) is 9.47 Å². The summed E-state index contributed by atoms with van der Waals surface area (Å²) in [5.41, 5.74) is 2.29. The van der Waals surface area contributed by atoms with Gasteiger partial charge in [-0.2, -0.15) is 0 Å². The van der Waals surface area contributed by atoms with Crippen LogP contribution in [0.2, 0.25) is 0 Å². The van der Waals surface area contributed by atoms with Crippen molar-refractivity contribution < 1.29 is 14.3 Å². The number of amides is 1. The number of nitrogens with zero attached hydrogens (tertiary/aromatic N) is 2. The van der Waals surface area contributed by atoms with Crippen molar-refractivity contribution in [2.24, 2.45) is 5.92 Å². The van der Waals surface area contributed by atoms with Gasteiger partial charge in [0.25, 0.3) is 0 Å². The molecule has 1 aromatic rings. The minimum atomic E-state index is 0.216. The average Bonchev–Trinajstić information content (AvgIpc) is 2.76. The van der Waals surface area contributed by atoms with Crippen molar-refractivity contribution in [1.82, 2.24) is 4.90 Å². The van der Waals surface area contributed by atoms with Crippen molar-refractivity contribution in [2.75, 3.05) is 44.4 Å². The summed E-state index contributed by atoms with van der Waals surface area (Å²) in [5, 5.41) is 0. The number of carbonyl (C=O) groups is 1. The van der Waals surface area contributed by atoms with Gasteiger partial charge in [-0.3, -0.25) is 4.79 Å². The second-order valence-electron chi connectivity index (χ2n) is 6.65. The van der Waals surface area contributed by atoms with Gasteiger partial charge in [0.1, 0.15) is 12.4 Å². The van der Waals surface area contributed by atoms with Crippen molar-refractivity contribution in [3.63, 3.8) is 0 Å². The number of fused-ring (bicyclic) bond motifs is 1. The van der Waals surface area contributed by atoms with Crippen molar-refractivity contribution in [3.8, 4) is 5.75 Å². The number of hydrogen-bond acceptors (Lipinski definition) is 4. The Morgan fingerprint density at radius 2 is 1.96 bits per heavy atom. The quantitative estimate of drug-likeness (QED) is 0.857. The Morgan fingerprint density at radius 1 is 1.17 bits per heavy atom. The topological polar surface area (TPSA) is 42.0 Å². The third kappa shape index (κ3) is 3.96. The van der Waals surface area contributed by atoms with Gasteiger partial charge in [0.15, 0.2) is 0 Å². The van der Waals surface area contributed by atoms with E-state index in [1.54, 1.807) is 0 Å². The minimum absolute atomic E-state index is 0.216. The Balaban J connectivity index is 1.77. The largest absolute Gasteiger partial charge is 0.491 e. The molecule has 2 aliphatic heterocycles. The maximum absolute atomic E-state index is 12.4. The summed E-state index contributed by atoms with van der Waals surface area (Å²) < 4.78 is 11.3. The zero-order valence-corrected chi connectivity index (χ0v) is 14.1. The summed E-state index contributed by atoms with van der Waals surface area (Å²) in [7, 11) is 0. The van der Waals surface area contributed by atoms with Crippen LogP contribution < -0.4 is 9.64 Å². The molecule has 3 rings (SSSR count). The molecule has 0 saturated carbocycles. The molecule has 5 heteroatoms. The van der Waals surface area contributed by atoms with Crippen LogP contribution in [0.5, 0.6) is 5.75 Å². The van der Waals surface area contributed by atoms with Crippen LogP contribution in [0.4, 0.5) is 5.69 Å². The molecule has 0 spiro atoms. The highest BCUT2D eigenvalue weighted by molar-refractivity contribution is 5.76. The molecule has 126 valence electrons. The van der Waals surface area contributed by atoms with E-state index in [2.05, 4.69) is 30.9 Å². The number of ether oxygens (including phenoxy) is 2. The molecule has 0 radical (unpaired) electrons. The summed E-state index contributed by atoms with van der Waals surface area (Å²) in [6, 6.07) is 6.31. The number of benzene rings is 1. The number of hydrogen-bond donors (Lipinski definition) is 0. The van der Waals surface area contributed by atoms with E-state index in [9.17, 15) is 4.79 Å². The summed E-state index contributed by atoms with van der Waals surface area (Å²) in [6.07, 6.45) is 0.596. The molecule has 2 aliphatic rings. The third-order valence-corrected chi connectivity index (χ3v) is 4.34. The fourth-order valence-corrected chi connectivity index (χ4v) is 3.09. The third-order valence-electron chi connectivity index (χ3n) is 4.34. The van der Waals surface area contributed by atoms with E-state index < -0.39 is 0 Å². The van der Waals surface area contributed by atoms with Crippen LogP contribution in [0.15, 0.2) is 18.2 Å². The predicted molar refractivity (Wildman–Crippen MR) is 89.8 cm³/mol. The van der Waals surface area contributed by atoms with Gasteiger partial charge in [-0.05, 0) is 24.1 Å². The maximum Gasteiger partial charge on any atom is 0.223 e. The molecule has 1 amide bonds. The van der Waals surface area contributed by atoms with Crippen LogP contribution in [0.25, 0.3) is 0 Å². The minimum Gasteiger partial charge on any atom is -0.491 e. The van der Waals surface area contributed by atoms with E-state index in [1.165, 1.54) is 5.69 Å². The first-order valence-corrected chi connectivity index (χ1v) is 8.49. The molecule has 0 aliphatic carbocycles. The van der Waals surface area contributed by atoms with Crippen LogP contribution in [0.3, 0.4) is 0 Å². The Bertz CT molecular complexity index is 553. The number of rotatable bonds is 3. The van der Waals surface area contributed by atoms with Crippen molar-refractivity contribution >= 4 is 11.6 Å². The highest BCUT2D eigenvalue weighted by atomic mass is 16.5. The van der Waals surface area contributed by atoms with E-state index >= 15 is 0 Å². The normalized spacial score (nSPS) is 18.4. The van der Waals surface area contributed by atoms with Gasteiger partial charge in [0.05, 0.1) is 19.8 Å². The lowest BCUT2D eigenvalue weighted by atomic mass is 10.1. The van der Waals surface area contributed by atoms with Crippen molar-refractivity contribution in [1.29, 1.82) is 0 Å². The zero-order valence-electron chi connectivity index (χ0n) is 14.1. The van der Waals surface area contributed by atoms with Gasteiger partial charge in [-0.15, -0.1) is 0 Å². The summed E-state index contributed by atoms with van der Waals surface area (Å²) >= 11 is 0. The number of morpholine rings is 1. The lowest BCUT2D eigenvalue weighted by Crippen LogP contribution is -2.36. The first-order valence-electron chi connectivity index (χ1n) is 8.49. The second kappa shape index (κ2) is 7.21. The van der Waals surface area contributed by atoms with Crippen LogP contribution in [0.1, 0.15) is 25.8 Å². The fourth-order valence-electron chi connectivity index (χ4n) is 3.09. The lowest BCUT2D eigenvalue weighted by Gasteiger charge is -2.29. The second-order valence-corrected chi connectivity index (χ2v) is 6.65. The van der Waals surface area contributed by atoms with Crippen LogP contribution in [0, 0.1) is 5.92 Å². The molecule has 0 N–H and O–H groups in total. The van der Waals surface area contributed by atoms with E-state index in [1.807, 2.05) is 11.0 Å². The predicted octanol–water partition coefficient (Wildman–Crippen LogP) is 2.29. The Hall–Kier alpha value is -1.75. The van der Waals surface area contributed by atoms with E-state index in [0.717, 1.165) is 37.6 Å². The van der Waals surface area contributed by atoms with Gasteiger partial charge >= 0.3 is 0 Å². The molecule has 5 nitrogen and oxygen atoms in total. The average molecular weight is 318 g/mol. The fraction of sp³-hybridized carbons (Fsp3) is 0.611. The Kier molecular flexibility index (Phi) is 5.06. The molecule has 1 saturated heterocycles. The Labute approximate surface area is 138 Å².